The van der Waals surface area contributed by atoms with Crippen molar-refractivity contribution >= 4 is 5.91 Å². The van der Waals surface area contributed by atoms with Crippen molar-refractivity contribution in [1.29, 1.82) is 0 Å². The van der Waals surface area contributed by atoms with Gasteiger partial charge < -0.3 is 4.90 Å². The van der Waals surface area contributed by atoms with Crippen LogP contribution in [0.25, 0.3) is 0 Å². The molecule has 19 heavy (non-hydrogen) atoms. The van der Waals surface area contributed by atoms with Gasteiger partial charge in [-0.15, -0.1) is 0 Å². The molecule has 0 spiro atoms. The molecule has 0 aromatic carbocycles. The fourth-order valence-electron chi connectivity index (χ4n) is 3.66. The van der Waals surface area contributed by atoms with E-state index in [-0.39, 0.29) is 0 Å². The van der Waals surface area contributed by atoms with E-state index in [2.05, 4.69) is 24.1 Å². The Labute approximate surface area is 118 Å². The van der Waals surface area contributed by atoms with E-state index >= 15 is 0 Å². The lowest BCUT2D eigenvalue weighted by Crippen LogP contribution is -2.44. The molecule has 2 atom stereocenters. The first-order valence-electron chi connectivity index (χ1n) is 8.29. The second-order valence-electron chi connectivity index (χ2n) is 6.33. The summed E-state index contributed by atoms with van der Waals surface area (Å²) in [4.78, 5) is 14.3. The van der Waals surface area contributed by atoms with E-state index in [9.17, 15) is 4.79 Å². The summed E-state index contributed by atoms with van der Waals surface area (Å²) in [6.07, 6.45) is 10.6. The number of nitrogens with zero attached hydrogens (tertiary/aromatic N) is 1. The highest BCUT2D eigenvalue weighted by atomic mass is 16.2. The van der Waals surface area contributed by atoms with E-state index in [1.54, 1.807) is 0 Å². The molecule has 0 bridgehead atoms. The lowest BCUT2D eigenvalue weighted by Gasteiger charge is -2.32. The molecule has 1 N–H and O–H groups in total. The van der Waals surface area contributed by atoms with Crippen LogP contribution in [0, 0.1) is 11.8 Å². The summed E-state index contributed by atoms with van der Waals surface area (Å²) in [7, 11) is 0. The van der Waals surface area contributed by atoms with Gasteiger partial charge in [0.1, 0.15) is 0 Å². The van der Waals surface area contributed by atoms with Crippen LogP contribution in [0.2, 0.25) is 0 Å². The van der Waals surface area contributed by atoms with E-state index in [4.69, 9.17) is 0 Å². The molecule has 2 unspecified atom stereocenters. The van der Waals surface area contributed by atoms with Crippen LogP contribution >= 0.6 is 0 Å². The summed E-state index contributed by atoms with van der Waals surface area (Å²) in [5.74, 6) is 1.72. The molecule has 1 saturated carbocycles. The molecular formula is C16H30N2O. The normalized spacial score (nSPS) is 26.3. The Kier molecular flexibility index (Phi) is 5.68. The van der Waals surface area contributed by atoms with Crippen molar-refractivity contribution in [2.24, 2.45) is 11.8 Å². The van der Waals surface area contributed by atoms with E-state index < -0.39 is 0 Å². The van der Waals surface area contributed by atoms with Crippen molar-refractivity contribution in [3.8, 4) is 0 Å². The van der Waals surface area contributed by atoms with Crippen LogP contribution < -0.4 is 5.32 Å². The Morgan fingerprint density at radius 3 is 2.68 bits per heavy atom. The smallest absolute Gasteiger partial charge is 0.237 e. The van der Waals surface area contributed by atoms with Gasteiger partial charge >= 0.3 is 0 Å². The molecule has 1 amide bonds. The molecule has 0 aromatic heterocycles. The Bertz CT molecular complexity index is 286. The highest BCUT2D eigenvalue weighted by Gasteiger charge is 2.37. The average Bonchev–Trinajstić information content (AvgIpc) is 3.05. The molecule has 1 aliphatic heterocycles. The number of carbonyl (C=O) groups excluding carboxylic acids is 1. The number of rotatable bonds is 7. The zero-order valence-corrected chi connectivity index (χ0v) is 12.7. The van der Waals surface area contributed by atoms with Crippen LogP contribution in [0.5, 0.6) is 0 Å². The largest absolute Gasteiger partial charge is 0.325 e. The van der Waals surface area contributed by atoms with Gasteiger partial charge in [-0.3, -0.25) is 10.1 Å². The maximum atomic E-state index is 12.1. The number of hydrogen-bond acceptors (Lipinski definition) is 2. The fourth-order valence-corrected chi connectivity index (χ4v) is 3.66. The van der Waals surface area contributed by atoms with Crippen molar-refractivity contribution in [2.75, 3.05) is 13.1 Å². The van der Waals surface area contributed by atoms with E-state index in [1.807, 2.05) is 0 Å². The highest BCUT2D eigenvalue weighted by molar-refractivity contribution is 5.80. The first-order chi connectivity index (χ1) is 9.26. The van der Waals surface area contributed by atoms with Crippen LogP contribution in [0.15, 0.2) is 0 Å². The zero-order valence-electron chi connectivity index (χ0n) is 12.7. The second kappa shape index (κ2) is 7.28. The van der Waals surface area contributed by atoms with Crippen LogP contribution in [-0.4, -0.2) is 30.1 Å². The number of nitrogens with one attached hydrogen (secondary N) is 1. The third-order valence-corrected chi connectivity index (χ3v) is 4.96. The predicted octanol–water partition coefficient (Wildman–Crippen LogP) is 3.15. The molecule has 0 aromatic rings. The van der Waals surface area contributed by atoms with E-state index in [0.29, 0.717) is 30.5 Å². The summed E-state index contributed by atoms with van der Waals surface area (Å²) >= 11 is 0. The SMILES string of the molecule is CCCCC(CC)CN1C(=O)CNC1C1CCCC1. The summed E-state index contributed by atoms with van der Waals surface area (Å²) in [6, 6.07) is 0. The molecule has 2 fully saturated rings. The van der Waals surface area contributed by atoms with Gasteiger partial charge in [-0.1, -0.05) is 46.0 Å². The van der Waals surface area contributed by atoms with Gasteiger partial charge in [0.05, 0.1) is 12.7 Å². The van der Waals surface area contributed by atoms with Crippen molar-refractivity contribution in [1.82, 2.24) is 10.2 Å². The summed E-state index contributed by atoms with van der Waals surface area (Å²) in [5.41, 5.74) is 0. The Morgan fingerprint density at radius 1 is 1.32 bits per heavy atom. The number of amides is 1. The lowest BCUT2D eigenvalue weighted by atomic mass is 9.97. The minimum absolute atomic E-state index is 0.326. The lowest BCUT2D eigenvalue weighted by molar-refractivity contribution is -0.129. The number of carbonyl (C=O) groups is 1. The maximum absolute atomic E-state index is 12.1. The average molecular weight is 266 g/mol. The van der Waals surface area contributed by atoms with Gasteiger partial charge in [-0.05, 0) is 31.1 Å². The molecule has 3 heteroatoms. The van der Waals surface area contributed by atoms with Crippen molar-refractivity contribution in [2.45, 2.75) is 71.4 Å². The first kappa shape index (κ1) is 14.8. The van der Waals surface area contributed by atoms with Gasteiger partial charge in [0.15, 0.2) is 0 Å². The van der Waals surface area contributed by atoms with Gasteiger partial charge in [-0.25, -0.2) is 0 Å². The summed E-state index contributed by atoms with van der Waals surface area (Å²) in [6.45, 7) is 6.05. The third-order valence-electron chi connectivity index (χ3n) is 4.96. The molecule has 3 nitrogen and oxygen atoms in total. The van der Waals surface area contributed by atoms with Crippen LogP contribution in [-0.2, 0) is 4.79 Å². The van der Waals surface area contributed by atoms with Crippen LogP contribution in [0.3, 0.4) is 0 Å². The number of hydrogen-bond donors (Lipinski definition) is 1. The minimum atomic E-state index is 0.326. The molecule has 2 aliphatic rings. The maximum Gasteiger partial charge on any atom is 0.237 e. The zero-order chi connectivity index (χ0) is 13.7. The molecule has 1 aliphatic carbocycles. The van der Waals surface area contributed by atoms with E-state index in [0.717, 1.165) is 6.54 Å². The third kappa shape index (κ3) is 3.71. The quantitative estimate of drug-likeness (QED) is 0.767. The van der Waals surface area contributed by atoms with Crippen molar-refractivity contribution in [3.05, 3.63) is 0 Å². The van der Waals surface area contributed by atoms with Gasteiger partial charge in [0, 0.05) is 6.54 Å². The van der Waals surface area contributed by atoms with Gasteiger partial charge in [0.25, 0.3) is 0 Å². The predicted molar refractivity (Wildman–Crippen MR) is 78.8 cm³/mol. The highest BCUT2D eigenvalue weighted by Crippen LogP contribution is 2.31. The molecule has 110 valence electrons. The first-order valence-corrected chi connectivity index (χ1v) is 8.29. The van der Waals surface area contributed by atoms with Crippen molar-refractivity contribution < 1.29 is 4.79 Å². The molecule has 1 saturated heterocycles. The van der Waals surface area contributed by atoms with Crippen LogP contribution in [0.1, 0.15) is 65.2 Å². The van der Waals surface area contributed by atoms with Gasteiger partial charge in [-0.2, -0.15) is 0 Å². The van der Waals surface area contributed by atoms with E-state index in [1.165, 1.54) is 51.4 Å². The molecule has 1 heterocycles. The fraction of sp³-hybridized carbons (Fsp3) is 0.938. The minimum Gasteiger partial charge on any atom is -0.325 e. The topological polar surface area (TPSA) is 32.3 Å². The monoisotopic (exact) mass is 266 g/mol. The second-order valence-corrected chi connectivity index (χ2v) is 6.33. The van der Waals surface area contributed by atoms with Crippen molar-refractivity contribution in [3.63, 3.8) is 0 Å². The molecule has 0 radical (unpaired) electrons. The number of unbranched alkanes of at least 4 members (excludes halogenated alkanes) is 1. The summed E-state index contributed by atoms with van der Waals surface area (Å²) in [5, 5.41) is 3.46. The Balaban J connectivity index is 1.92. The van der Waals surface area contributed by atoms with Gasteiger partial charge in [0.2, 0.25) is 5.91 Å². The standard InChI is InChI=1S/C16H30N2O/c1-3-5-8-13(4-2)12-18-15(19)11-17-16(18)14-9-6-7-10-14/h13-14,16-17H,3-12H2,1-2H3. The molecular weight excluding hydrogens is 236 g/mol. The van der Waals surface area contributed by atoms with Crippen LogP contribution in [0.4, 0.5) is 0 Å². The Morgan fingerprint density at radius 2 is 2.05 bits per heavy atom. The molecule has 2 rings (SSSR count). The summed E-state index contributed by atoms with van der Waals surface area (Å²) < 4.78 is 0. The Hall–Kier alpha value is -0.570.